The lowest BCUT2D eigenvalue weighted by atomic mass is 10.2. The average Bonchev–Trinajstić information content (AvgIpc) is 3.07. The van der Waals surface area contributed by atoms with Crippen LogP contribution in [0.1, 0.15) is 26.6 Å². The number of amides is 1. The Kier molecular flexibility index (Phi) is 6.77. The fourth-order valence-corrected chi connectivity index (χ4v) is 4.64. The van der Waals surface area contributed by atoms with Crippen molar-refractivity contribution in [3.63, 3.8) is 0 Å². The second-order valence-corrected chi connectivity index (χ2v) is 8.67. The van der Waals surface area contributed by atoms with E-state index in [2.05, 4.69) is 34.1 Å². The smallest absolute Gasteiger partial charge is 0.256 e. The van der Waals surface area contributed by atoms with Crippen LogP contribution in [0.3, 0.4) is 0 Å². The predicted molar refractivity (Wildman–Crippen MR) is 114 cm³/mol. The fraction of sp³-hybridized carbons (Fsp3) is 0.200. The van der Waals surface area contributed by atoms with Crippen molar-refractivity contribution in [2.24, 2.45) is 0 Å². The number of thioether (sulfide) groups is 2. The number of carbonyl (C=O) groups is 1. The molecule has 0 unspecified atom stereocenters. The molecule has 0 aliphatic carbocycles. The predicted octanol–water partition coefficient (Wildman–Crippen LogP) is 5.86. The molecule has 1 amide bonds. The highest BCUT2D eigenvalue weighted by molar-refractivity contribution is 7.98. The molecule has 6 heteroatoms. The van der Waals surface area contributed by atoms with Crippen LogP contribution in [-0.2, 0) is 11.5 Å². The van der Waals surface area contributed by atoms with Crippen LogP contribution >= 0.6 is 34.9 Å². The summed E-state index contributed by atoms with van der Waals surface area (Å²) in [6.45, 7) is 2.00. The summed E-state index contributed by atoms with van der Waals surface area (Å²) in [5.41, 5.74) is 3.81. The maximum atomic E-state index is 12.7. The van der Waals surface area contributed by atoms with Crippen molar-refractivity contribution in [3.8, 4) is 0 Å². The number of hydrogen-bond donors (Lipinski definition) is 1. The van der Waals surface area contributed by atoms with Crippen molar-refractivity contribution < 1.29 is 4.79 Å². The topological polar surface area (TPSA) is 42.0 Å². The standard InChI is InChI=1S/C20H20N2OS3/c1-14-21-17(12-25-14)13-26-19-6-4-3-5-18(19)20(23)22-16-9-7-15(8-10-16)11-24-2/h3-10,12H,11,13H2,1-2H3,(H,22,23). The average molecular weight is 401 g/mol. The third kappa shape index (κ3) is 5.13. The van der Waals surface area contributed by atoms with E-state index >= 15 is 0 Å². The third-order valence-electron chi connectivity index (χ3n) is 3.70. The van der Waals surface area contributed by atoms with E-state index in [1.54, 1.807) is 34.9 Å². The number of anilines is 1. The van der Waals surface area contributed by atoms with Gasteiger partial charge in [0.15, 0.2) is 0 Å². The molecule has 1 N–H and O–H groups in total. The van der Waals surface area contributed by atoms with Crippen LogP contribution in [0.5, 0.6) is 0 Å². The van der Waals surface area contributed by atoms with Gasteiger partial charge in [0.05, 0.1) is 16.3 Å². The van der Waals surface area contributed by atoms with Crippen LogP contribution in [0.2, 0.25) is 0 Å². The van der Waals surface area contributed by atoms with Crippen molar-refractivity contribution in [1.29, 1.82) is 0 Å². The molecule has 0 bridgehead atoms. The van der Waals surface area contributed by atoms with Gasteiger partial charge in [-0.25, -0.2) is 4.98 Å². The van der Waals surface area contributed by atoms with Gasteiger partial charge in [-0.2, -0.15) is 11.8 Å². The van der Waals surface area contributed by atoms with Crippen molar-refractivity contribution >= 4 is 46.5 Å². The van der Waals surface area contributed by atoms with Gasteiger partial charge in [-0.05, 0) is 43.0 Å². The van der Waals surface area contributed by atoms with Crippen molar-refractivity contribution in [2.75, 3.05) is 11.6 Å². The zero-order valence-electron chi connectivity index (χ0n) is 14.7. The lowest BCUT2D eigenvalue weighted by Gasteiger charge is -2.10. The van der Waals surface area contributed by atoms with Crippen LogP contribution in [0.25, 0.3) is 0 Å². The van der Waals surface area contributed by atoms with Gasteiger partial charge in [-0.1, -0.05) is 24.3 Å². The summed E-state index contributed by atoms with van der Waals surface area (Å²) >= 11 is 5.08. The minimum absolute atomic E-state index is 0.0832. The molecule has 0 atom stereocenters. The number of carbonyl (C=O) groups excluding carboxylic acids is 1. The second-order valence-electron chi connectivity index (χ2n) is 5.73. The molecule has 0 aliphatic heterocycles. The molecule has 0 saturated carbocycles. The van der Waals surface area contributed by atoms with Gasteiger partial charge in [0.1, 0.15) is 0 Å². The highest BCUT2D eigenvalue weighted by Gasteiger charge is 2.12. The number of nitrogens with one attached hydrogen (secondary N) is 1. The van der Waals surface area contributed by atoms with Gasteiger partial charge < -0.3 is 5.32 Å². The first-order chi connectivity index (χ1) is 12.7. The highest BCUT2D eigenvalue weighted by atomic mass is 32.2. The van der Waals surface area contributed by atoms with Gasteiger partial charge in [0.2, 0.25) is 0 Å². The molecule has 3 rings (SSSR count). The number of thiazole rings is 1. The van der Waals surface area contributed by atoms with Crippen LogP contribution in [0.15, 0.2) is 58.8 Å². The van der Waals surface area contributed by atoms with Crippen molar-refractivity contribution in [2.45, 2.75) is 23.3 Å². The largest absolute Gasteiger partial charge is 0.322 e. The molecular formula is C20H20N2OS3. The normalized spacial score (nSPS) is 10.7. The molecule has 0 spiro atoms. The van der Waals surface area contributed by atoms with Gasteiger partial charge in [0.25, 0.3) is 5.91 Å². The number of benzene rings is 2. The molecule has 1 aromatic heterocycles. The van der Waals surface area contributed by atoms with E-state index in [4.69, 9.17) is 0 Å². The molecule has 3 nitrogen and oxygen atoms in total. The summed E-state index contributed by atoms with van der Waals surface area (Å²) in [6, 6.07) is 15.7. The van der Waals surface area contributed by atoms with E-state index in [1.807, 2.05) is 43.3 Å². The Hall–Kier alpha value is -1.76. The quantitative estimate of drug-likeness (QED) is 0.504. The zero-order chi connectivity index (χ0) is 18.4. The summed E-state index contributed by atoms with van der Waals surface area (Å²) in [4.78, 5) is 18.2. The maximum absolute atomic E-state index is 12.7. The number of rotatable bonds is 7. The van der Waals surface area contributed by atoms with Crippen LogP contribution in [0, 0.1) is 6.92 Å². The van der Waals surface area contributed by atoms with Crippen molar-refractivity contribution in [3.05, 3.63) is 75.7 Å². The number of nitrogens with zero attached hydrogens (tertiary/aromatic N) is 1. The maximum Gasteiger partial charge on any atom is 0.256 e. The molecular weight excluding hydrogens is 380 g/mol. The van der Waals surface area contributed by atoms with Gasteiger partial charge in [-0.15, -0.1) is 23.1 Å². The SMILES string of the molecule is CSCc1ccc(NC(=O)c2ccccc2SCc2csc(C)n2)cc1. The molecule has 3 aromatic rings. The van der Waals surface area contributed by atoms with E-state index in [-0.39, 0.29) is 5.91 Å². The summed E-state index contributed by atoms with van der Waals surface area (Å²) in [7, 11) is 0. The summed E-state index contributed by atoms with van der Waals surface area (Å²) < 4.78 is 0. The molecule has 0 fully saturated rings. The Morgan fingerprint density at radius 2 is 1.88 bits per heavy atom. The first-order valence-electron chi connectivity index (χ1n) is 8.18. The number of aromatic nitrogens is 1. The monoisotopic (exact) mass is 400 g/mol. The van der Waals surface area contributed by atoms with Crippen LogP contribution in [0.4, 0.5) is 5.69 Å². The first kappa shape index (κ1) is 19.0. The van der Waals surface area contributed by atoms with Gasteiger partial charge in [-0.3, -0.25) is 4.79 Å². The van der Waals surface area contributed by atoms with Crippen LogP contribution < -0.4 is 5.32 Å². The van der Waals surface area contributed by atoms with E-state index < -0.39 is 0 Å². The number of hydrogen-bond acceptors (Lipinski definition) is 5. The van der Waals surface area contributed by atoms with Gasteiger partial charge >= 0.3 is 0 Å². The molecule has 0 aliphatic rings. The van der Waals surface area contributed by atoms with E-state index in [1.165, 1.54) is 5.56 Å². The second kappa shape index (κ2) is 9.26. The molecule has 26 heavy (non-hydrogen) atoms. The molecule has 2 aromatic carbocycles. The Morgan fingerprint density at radius 3 is 2.58 bits per heavy atom. The Balaban J connectivity index is 1.68. The number of aryl methyl sites for hydroxylation is 1. The van der Waals surface area contributed by atoms with E-state index in [0.29, 0.717) is 5.56 Å². The minimum atomic E-state index is -0.0832. The van der Waals surface area contributed by atoms with Crippen LogP contribution in [-0.4, -0.2) is 17.1 Å². The Labute approximate surface area is 166 Å². The lowest BCUT2D eigenvalue weighted by Crippen LogP contribution is -2.13. The molecule has 0 radical (unpaired) electrons. The summed E-state index contributed by atoms with van der Waals surface area (Å²) in [5.74, 6) is 1.65. The zero-order valence-corrected chi connectivity index (χ0v) is 17.1. The van der Waals surface area contributed by atoms with Gasteiger partial charge in [0, 0.05) is 27.5 Å². The summed E-state index contributed by atoms with van der Waals surface area (Å²) in [6.07, 6.45) is 2.08. The Morgan fingerprint density at radius 1 is 1.12 bits per heavy atom. The lowest BCUT2D eigenvalue weighted by molar-refractivity contribution is 0.102. The fourth-order valence-electron chi connectivity index (χ4n) is 2.46. The molecule has 134 valence electrons. The van der Waals surface area contributed by atoms with E-state index in [0.717, 1.165) is 32.8 Å². The van der Waals surface area contributed by atoms with Crippen molar-refractivity contribution in [1.82, 2.24) is 4.98 Å². The Bertz CT molecular complexity index is 875. The molecule has 1 heterocycles. The molecule has 0 saturated heterocycles. The van der Waals surface area contributed by atoms with E-state index in [9.17, 15) is 4.79 Å². The third-order valence-corrected chi connectivity index (χ3v) is 6.25. The summed E-state index contributed by atoms with van der Waals surface area (Å²) in [5, 5.41) is 6.13. The first-order valence-corrected chi connectivity index (χ1v) is 11.4. The minimum Gasteiger partial charge on any atom is -0.322 e. The highest BCUT2D eigenvalue weighted by Crippen LogP contribution is 2.27.